The fourth-order valence-corrected chi connectivity index (χ4v) is 8.44. The van der Waals surface area contributed by atoms with Crippen molar-refractivity contribution in [1.29, 1.82) is 0 Å². The molecule has 3 nitrogen and oxygen atoms in total. The molecule has 0 aliphatic heterocycles. The van der Waals surface area contributed by atoms with E-state index in [0.29, 0.717) is 35.0 Å². The van der Waals surface area contributed by atoms with E-state index < -0.39 is 5.97 Å². The first-order chi connectivity index (χ1) is 12.4. The van der Waals surface area contributed by atoms with Crippen LogP contribution in [0.2, 0.25) is 0 Å². The number of aliphatic hydroxyl groups is 1. The molecule has 4 unspecified atom stereocenters. The highest BCUT2D eigenvalue weighted by atomic mass is 16.4. The Morgan fingerprint density at radius 1 is 0.962 bits per heavy atom. The lowest BCUT2D eigenvalue weighted by atomic mass is 9.44. The van der Waals surface area contributed by atoms with Crippen LogP contribution in [0.3, 0.4) is 0 Å². The normalized spacial score (nSPS) is 50.6. The summed E-state index contributed by atoms with van der Waals surface area (Å²) in [4.78, 5) is 10.9. The Morgan fingerprint density at radius 2 is 1.73 bits per heavy atom. The molecular weight excluding hydrogens is 324 g/mol. The van der Waals surface area contributed by atoms with Crippen molar-refractivity contribution >= 4 is 5.97 Å². The summed E-state index contributed by atoms with van der Waals surface area (Å²) in [6, 6.07) is 0. The van der Waals surface area contributed by atoms with Gasteiger partial charge in [-0.2, -0.15) is 0 Å². The SMILES string of the molecule is C[C@]12CCCCC1[C@@H](O)CC1C2CC[C@@]2(C)C1CC[C@@H]2CCCC(=O)O. The van der Waals surface area contributed by atoms with E-state index in [4.69, 9.17) is 5.11 Å². The predicted octanol–water partition coefficient (Wildman–Crippen LogP) is 5.26. The quantitative estimate of drug-likeness (QED) is 0.717. The second-order valence-electron chi connectivity index (χ2n) is 10.6. The number of carboxylic acid groups (broad SMARTS) is 1. The first kappa shape index (κ1) is 18.8. The molecule has 4 aliphatic rings. The Morgan fingerprint density at radius 3 is 2.50 bits per heavy atom. The number of carbonyl (C=O) groups is 1. The topological polar surface area (TPSA) is 57.5 Å². The van der Waals surface area contributed by atoms with Crippen LogP contribution in [-0.4, -0.2) is 22.3 Å². The molecule has 0 aromatic heterocycles. The molecule has 4 fully saturated rings. The fraction of sp³-hybridized carbons (Fsp3) is 0.957. The number of carboxylic acids is 1. The number of fused-ring (bicyclic) bond motifs is 5. The second-order valence-corrected chi connectivity index (χ2v) is 10.6. The minimum absolute atomic E-state index is 0.0880. The minimum atomic E-state index is -0.653. The molecule has 0 bridgehead atoms. The van der Waals surface area contributed by atoms with E-state index in [0.717, 1.165) is 31.1 Å². The maximum Gasteiger partial charge on any atom is 0.303 e. The molecule has 4 saturated carbocycles. The highest BCUT2D eigenvalue weighted by Gasteiger charge is 2.61. The van der Waals surface area contributed by atoms with Crippen molar-refractivity contribution in [2.24, 2.45) is 40.4 Å². The van der Waals surface area contributed by atoms with Crippen LogP contribution < -0.4 is 0 Å². The summed E-state index contributed by atoms with van der Waals surface area (Å²) in [5.41, 5.74) is 0.751. The van der Waals surface area contributed by atoms with Gasteiger partial charge in [0.2, 0.25) is 0 Å². The van der Waals surface area contributed by atoms with Crippen LogP contribution in [0.15, 0.2) is 0 Å². The Balaban J connectivity index is 1.52. The molecule has 3 heteroatoms. The van der Waals surface area contributed by atoms with Crippen molar-refractivity contribution in [1.82, 2.24) is 0 Å². The van der Waals surface area contributed by atoms with Gasteiger partial charge in [-0.05, 0) is 98.2 Å². The minimum Gasteiger partial charge on any atom is -0.481 e. The van der Waals surface area contributed by atoms with E-state index in [1.807, 2.05) is 0 Å². The van der Waals surface area contributed by atoms with Crippen molar-refractivity contribution in [2.75, 3.05) is 0 Å². The molecule has 0 heterocycles. The zero-order valence-corrected chi connectivity index (χ0v) is 16.8. The van der Waals surface area contributed by atoms with E-state index in [2.05, 4.69) is 13.8 Å². The molecule has 0 aromatic carbocycles. The van der Waals surface area contributed by atoms with E-state index >= 15 is 0 Å². The van der Waals surface area contributed by atoms with Gasteiger partial charge in [-0.1, -0.05) is 26.7 Å². The third kappa shape index (κ3) is 2.84. The van der Waals surface area contributed by atoms with Crippen molar-refractivity contribution < 1.29 is 15.0 Å². The van der Waals surface area contributed by atoms with Gasteiger partial charge in [0.15, 0.2) is 0 Å². The summed E-state index contributed by atoms with van der Waals surface area (Å²) >= 11 is 0. The number of aliphatic carboxylic acids is 1. The highest BCUT2D eigenvalue weighted by Crippen LogP contribution is 2.67. The molecule has 2 N–H and O–H groups in total. The van der Waals surface area contributed by atoms with E-state index in [1.165, 1.54) is 51.4 Å². The zero-order valence-electron chi connectivity index (χ0n) is 16.8. The van der Waals surface area contributed by atoms with Crippen molar-refractivity contribution in [2.45, 2.75) is 97.0 Å². The molecule has 0 amide bonds. The second kappa shape index (κ2) is 6.79. The van der Waals surface area contributed by atoms with Crippen molar-refractivity contribution in [3.8, 4) is 0 Å². The van der Waals surface area contributed by atoms with Crippen LogP contribution in [0, 0.1) is 40.4 Å². The van der Waals surface area contributed by atoms with Gasteiger partial charge in [0.25, 0.3) is 0 Å². The van der Waals surface area contributed by atoms with Gasteiger partial charge in [0, 0.05) is 6.42 Å². The first-order valence-electron chi connectivity index (χ1n) is 11.3. The average molecular weight is 363 g/mol. The molecule has 0 saturated heterocycles. The average Bonchev–Trinajstić information content (AvgIpc) is 2.91. The van der Waals surface area contributed by atoms with Gasteiger partial charge in [-0.15, -0.1) is 0 Å². The van der Waals surface area contributed by atoms with Crippen LogP contribution in [0.25, 0.3) is 0 Å². The third-order valence-corrected chi connectivity index (χ3v) is 9.73. The smallest absolute Gasteiger partial charge is 0.303 e. The number of hydrogen-bond donors (Lipinski definition) is 2. The first-order valence-corrected chi connectivity index (χ1v) is 11.3. The lowest BCUT2D eigenvalue weighted by Gasteiger charge is -2.61. The van der Waals surface area contributed by atoms with Crippen molar-refractivity contribution in [3.05, 3.63) is 0 Å². The largest absolute Gasteiger partial charge is 0.481 e. The van der Waals surface area contributed by atoms with Gasteiger partial charge in [0.05, 0.1) is 6.10 Å². The Kier molecular flexibility index (Phi) is 4.91. The van der Waals surface area contributed by atoms with Crippen LogP contribution >= 0.6 is 0 Å². The Bertz CT molecular complexity index is 546. The summed E-state index contributed by atoms with van der Waals surface area (Å²) in [6.45, 7) is 5.02. The maximum absolute atomic E-state index is 11.0. The number of hydrogen-bond acceptors (Lipinski definition) is 2. The van der Waals surface area contributed by atoms with E-state index in [1.54, 1.807) is 0 Å². The molecular formula is C23H38O3. The van der Waals surface area contributed by atoms with Gasteiger partial charge in [-0.25, -0.2) is 0 Å². The summed E-state index contributed by atoms with van der Waals surface area (Å²) in [6.07, 6.45) is 13.7. The molecule has 0 spiro atoms. The standard InChI is InChI=1S/C23H38O3/c1-22-13-11-18-16(14-20(24)19-7-3-4-12-23(18,19)2)17(22)10-9-15(22)6-5-8-21(25)26/h15-20,24H,3-14H2,1-2H3,(H,25,26)/t15-,16?,17?,18?,19?,20-,22+,23+/m0/s1. The summed E-state index contributed by atoms with van der Waals surface area (Å²) in [7, 11) is 0. The van der Waals surface area contributed by atoms with Gasteiger partial charge in [-0.3, -0.25) is 4.79 Å². The monoisotopic (exact) mass is 362 g/mol. The lowest BCUT2D eigenvalue weighted by Crippen LogP contribution is -2.56. The molecule has 4 rings (SSSR count). The molecule has 26 heavy (non-hydrogen) atoms. The zero-order chi connectivity index (χ0) is 18.5. The molecule has 8 atom stereocenters. The predicted molar refractivity (Wildman–Crippen MR) is 103 cm³/mol. The van der Waals surface area contributed by atoms with Crippen LogP contribution in [0.4, 0.5) is 0 Å². The van der Waals surface area contributed by atoms with Gasteiger partial charge < -0.3 is 10.2 Å². The van der Waals surface area contributed by atoms with Crippen LogP contribution in [0.5, 0.6) is 0 Å². The number of aliphatic hydroxyl groups excluding tert-OH is 1. The Hall–Kier alpha value is -0.570. The molecule has 0 radical (unpaired) electrons. The summed E-state index contributed by atoms with van der Waals surface area (Å²) in [5, 5.41) is 20.0. The molecule has 4 aliphatic carbocycles. The molecule has 148 valence electrons. The van der Waals surface area contributed by atoms with Crippen LogP contribution in [0.1, 0.15) is 90.9 Å². The van der Waals surface area contributed by atoms with E-state index in [9.17, 15) is 9.90 Å². The summed E-state index contributed by atoms with van der Waals surface area (Å²) in [5.74, 6) is 2.85. The van der Waals surface area contributed by atoms with E-state index in [-0.39, 0.29) is 6.10 Å². The van der Waals surface area contributed by atoms with Gasteiger partial charge in [0.1, 0.15) is 0 Å². The third-order valence-electron chi connectivity index (χ3n) is 9.73. The lowest BCUT2D eigenvalue weighted by molar-refractivity contribution is -0.157. The fourth-order valence-electron chi connectivity index (χ4n) is 8.44. The highest BCUT2D eigenvalue weighted by molar-refractivity contribution is 5.66. The van der Waals surface area contributed by atoms with Gasteiger partial charge >= 0.3 is 5.97 Å². The maximum atomic E-state index is 11.0. The number of rotatable bonds is 4. The van der Waals surface area contributed by atoms with Crippen molar-refractivity contribution in [3.63, 3.8) is 0 Å². The van der Waals surface area contributed by atoms with Crippen LogP contribution in [-0.2, 0) is 4.79 Å². The Labute approximate surface area is 158 Å². The summed E-state index contributed by atoms with van der Waals surface area (Å²) < 4.78 is 0. The molecule has 0 aromatic rings.